The molecule has 0 aromatic carbocycles. The van der Waals surface area contributed by atoms with E-state index in [4.69, 9.17) is 5.73 Å². The number of nitrogens with zero attached hydrogens (tertiary/aromatic N) is 3. The zero-order valence-corrected chi connectivity index (χ0v) is 11.3. The summed E-state index contributed by atoms with van der Waals surface area (Å²) in [5.41, 5.74) is 5.56. The monoisotopic (exact) mass is 242 g/mol. The Morgan fingerprint density at radius 1 is 1.44 bits per heavy atom. The van der Waals surface area contributed by atoms with Gasteiger partial charge < -0.3 is 10.6 Å². The van der Waals surface area contributed by atoms with Gasteiger partial charge in [0.05, 0.1) is 0 Å². The van der Waals surface area contributed by atoms with Gasteiger partial charge >= 0.3 is 0 Å². The molecule has 0 saturated heterocycles. The molecule has 0 atom stereocenters. The highest BCUT2D eigenvalue weighted by atomic mass is 32.1. The zero-order valence-electron chi connectivity index (χ0n) is 10.4. The van der Waals surface area contributed by atoms with Crippen molar-refractivity contribution >= 4 is 16.7 Å². The van der Waals surface area contributed by atoms with Crippen molar-refractivity contribution in [3.05, 3.63) is 5.82 Å². The van der Waals surface area contributed by atoms with Crippen LogP contribution in [-0.4, -0.2) is 29.0 Å². The van der Waals surface area contributed by atoms with Crippen LogP contribution in [0.3, 0.4) is 0 Å². The predicted molar refractivity (Wildman–Crippen MR) is 70.0 cm³/mol. The summed E-state index contributed by atoms with van der Waals surface area (Å²) in [4.78, 5) is 6.83. The SMILES string of the molecule is CCc1nsc(N(CCCN)CC(C)C)n1. The number of anilines is 1. The van der Waals surface area contributed by atoms with E-state index in [-0.39, 0.29) is 0 Å². The second-order valence-corrected chi connectivity index (χ2v) is 5.06. The molecule has 16 heavy (non-hydrogen) atoms. The minimum absolute atomic E-state index is 0.631. The minimum atomic E-state index is 0.631. The lowest BCUT2D eigenvalue weighted by atomic mass is 10.2. The van der Waals surface area contributed by atoms with E-state index >= 15 is 0 Å². The second kappa shape index (κ2) is 6.81. The number of aromatic nitrogens is 2. The van der Waals surface area contributed by atoms with E-state index in [1.54, 1.807) is 0 Å². The summed E-state index contributed by atoms with van der Waals surface area (Å²) in [6.07, 6.45) is 1.91. The fourth-order valence-corrected chi connectivity index (χ4v) is 2.29. The summed E-state index contributed by atoms with van der Waals surface area (Å²) < 4.78 is 4.33. The van der Waals surface area contributed by atoms with E-state index in [0.717, 1.165) is 43.4 Å². The van der Waals surface area contributed by atoms with Gasteiger partial charge in [-0.25, -0.2) is 4.98 Å². The second-order valence-electron chi connectivity index (χ2n) is 4.33. The Bertz CT molecular complexity index is 298. The van der Waals surface area contributed by atoms with Crippen molar-refractivity contribution in [1.29, 1.82) is 0 Å². The first-order chi connectivity index (χ1) is 7.67. The number of hydrogen-bond donors (Lipinski definition) is 1. The summed E-state index contributed by atoms with van der Waals surface area (Å²) >= 11 is 1.50. The van der Waals surface area contributed by atoms with Crippen LogP contribution in [0, 0.1) is 5.92 Å². The average Bonchev–Trinajstić information content (AvgIpc) is 2.72. The fraction of sp³-hybridized carbons (Fsp3) is 0.818. The van der Waals surface area contributed by atoms with Crippen LogP contribution >= 0.6 is 11.5 Å². The standard InChI is InChI=1S/C11H22N4S/c1-4-10-13-11(16-14-10)15(7-5-6-12)8-9(2)3/h9H,4-8,12H2,1-3H3. The predicted octanol–water partition coefficient (Wildman–Crippen LogP) is 1.91. The molecule has 0 aliphatic heterocycles. The zero-order chi connectivity index (χ0) is 12.0. The summed E-state index contributed by atoms with van der Waals surface area (Å²) in [5.74, 6) is 1.58. The highest BCUT2D eigenvalue weighted by molar-refractivity contribution is 7.09. The molecule has 0 spiro atoms. The molecular weight excluding hydrogens is 220 g/mol. The van der Waals surface area contributed by atoms with Crippen LogP contribution in [0.25, 0.3) is 0 Å². The van der Waals surface area contributed by atoms with Crippen molar-refractivity contribution in [2.24, 2.45) is 11.7 Å². The summed E-state index contributed by atoms with van der Waals surface area (Å²) in [6, 6.07) is 0. The third-order valence-electron chi connectivity index (χ3n) is 2.26. The molecule has 2 N–H and O–H groups in total. The number of nitrogens with two attached hydrogens (primary N) is 1. The first-order valence-electron chi connectivity index (χ1n) is 5.95. The smallest absolute Gasteiger partial charge is 0.205 e. The van der Waals surface area contributed by atoms with Crippen molar-refractivity contribution in [2.45, 2.75) is 33.6 Å². The maximum atomic E-state index is 5.56. The highest BCUT2D eigenvalue weighted by Gasteiger charge is 2.12. The Balaban J connectivity index is 2.66. The quantitative estimate of drug-likeness (QED) is 0.793. The maximum Gasteiger partial charge on any atom is 0.205 e. The Hall–Kier alpha value is -0.680. The minimum Gasteiger partial charge on any atom is -0.347 e. The Morgan fingerprint density at radius 2 is 2.19 bits per heavy atom. The van der Waals surface area contributed by atoms with Crippen LogP contribution in [-0.2, 0) is 6.42 Å². The van der Waals surface area contributed by atoms with Gasteiger partial charge in [0.25, 0.3) is 0 Å². The van der Waals surface area contributed by atoms with Crippen molar-refractivity contribution in [3.63, 3.8) is 0 Å². The molecule has 0 saturated carbocycles. The summed E-state index contributed by atoms with van der Waals surface area (Å²) in [7, 11) is 0. The lowest BCUT2D eigenvalue weighted by Crippen LogP contribution is -2.29. The van der Waals surface area contributed by atoms with E-state index in [9.17, 15) is 0 Å². The molecule has 0 bridgehead atoms. The first-order valence-corrected chi connectivity index (χ1v) is 6.72. The van der Waals surface area contributed by atoms with Gasteiger partial charge in [-0.1, -0.05) is 20.8 Å². The van der Waals surface area contributed by atoms with Gasteiger partial charge in [-0.05, 0) is 18.9 Å². The molecule has 1 aromatic rings. The van der Waals surface area contributed by atoms with Crippen LogP contribution in [0.5, 0.6) is 0 Å². The van der Waals surface area contributed by atoms with Crippen molar-refractivity contribution in [2.75, 3.05) is 24.5 Å². The normalized spacial score (nSPS) is 11.1. The Labute approximate surface area is 102 Å². The topological polar surface area (TPSA) is 55.0 Å². The van der Waals surface area contributed by atoms with E-state index in [0.29, 0.717) is 5.92 Å². The molecule has 0 aliphatic rings. The summed E-state index contributed by atoms with van der Waals surface area (Å²) in [6.45, 7) is 9.26. The van der Waals surface area contributed by atoms with Gasteiger partial charge in [-0.2, -0.15) is 4.37 Å². The number of rotatable bonds is 7. The van der Waals surface area contributed by atoms with Gasteiger partial charge in [0, 0.05) is 31.0 Å². The van der Waals surface area contributed by atoms with Gasteiger partial charge in [0.2, 0.25) is 5.13 Å². The molecule has 1 rings (SSSR count). The molecule has 1 heterocycles. The van der Waals surface area contributed by atoms with E-state index in [2.05, 4.69) is 35.0 Å². The lowest BCUT2D eigenvalue weighted by Gasteiger charge is -2.23. The molecule has 0 aliphatic carbocycles. The fourth-order valence-electron chi connectivity index (χ4n) is 1.50. The van der Waals surface area contributed by atoms with Crippen molar-refractivity contribution < 1.29 is 0 Å². The summed E-state index contributed by atoms with van der Waals surface area (Å²) in [5, 5.41) is 1.04. The van der Waals surface area contributed by atoms with Crippen LogP contribution in [0.15, 0.2) is 0 Å². The van der Waals surface area contributed by atoms with Crippen LogP contribution < -0.4 is 10.6 Å². The lowest BCUT2D eigenvalue weighted by molar-refractivity contribution is 0.599. The molecule has 4 nitrogen and oxygen atoms in total. The van der Waals surface area contributed by atoms with Gasteiger partial charge in [-0.15, -0.1) is 0 Å². The Morgan fingerprint density at radius 3 is 2.69 bits per heavy atom. The molecule has 1 aromatic heterocycles. The van der Waals surface area contributed by atoms with Crippen LogP contribution in [0.2, 0.25) is 0 Å². The third-order valence-corrected chi connectivity index (χ3v) is 3.08. The number of hydrogen-bond acceptors (Lipinski definition) is 5. The molecule has 0 amide bonds. The maximum absolute atomic E-state index is 5.56. The third kappa shape index (κ3) is 4.06. The van der Waals surface area contributed by atoms with E-state index < -0.39 is 0 Å². The Kier molecular flexibility index (Phi) is 5.69. The van der Waals surface area contributed by atoms with Crippen molar-refractivity contribution in [1.82, 2.24) is 9.36 Å². The first kappa shape index (κ1) is 13.4. The van der Waals surface area contributed by atoms with E-state index in [1.165, 1.54) is 11.5 Å². The van der Waals surface area contributed by atoms with Gasteiger partial charge in [-0.3, -0.25) is 0 Å². The van der Waals surface area contributed by atoms with Crippen molar-refractivity contribution in [3.8, 4) is 0 Å². The van der Waals surface area contributed by atoms with Crippen LogP contribution in [0.1, 0.15) is 33.0 Å². The molecule has 92 valence electrons. The molecule has 5 heteroatoms. The molecule has 0 fully saturated rings. The number of aryl methyl sites for hydroxylation is 1. The van der Waals surface area contributed by atoms with Gasteiger partial charge in [0.1, 0.15) is 5.82 Å². The molecule has 0 radical (unpaired) electrons. The molecule has 0 unspecified atom stereocenters. The molecular formula is C11H22N4S. The highest BCUT2D eigenvalue weighted by Crippen LogP contribution is 2.19. The van der Waals surface area contributed by atoms with E-state index in [1.807, 2.05) is 0 Å². The van der Waals surface area contributed by atoms with Crippen LogP contribution in [0.4, 0.5) is 5.13 Å². The van der Waals surface area contributed by atoms with Gasteiger partial charge in [0.15, 0.2) is 0 Å². The average molecular weight is 242 g/mol. The largest absolute Gasteiger partial charge is 0.347 e.